The van der Waals surface area contributed by atoms with Crippen LogP contribution in [-0.2, 0) is 6.54 Å². The second-order valence-electron chi connectivity index (χ2n) is 3.68. The van der Waals surface area contributed by atoms with Crippen LogP contribution in [0.5, 0.6) is 0 Å². The fourth-order valence-corrected chi connectivity index (χ4v) is 2.41. The maximum atomic E-state index is 12.0. The SMILES string of the molecule is NCc1nc(C(=O)N2CCCCC2)cs1. The molecule has 1 fully saturated rings. The van der Waals surface area contributed by atoms with Crippen LogP contribution in [0.3, 0.4) is 0 Å². The Hall–Kier alpha value is -0.940. The molecule has 0 bridgehead atoms. The topological polar surface area (TPSA) is 59.2 Å². The number of carbonyl (C=O) groups excluding carboxylic acids is 1. The zero-order chi connectivity index (χ0) is 10.7. The van der Waals surface area contributed by atoms with E-state index in [1.165, 1.54) is 17.8 Å². The number of likely N-dealkylation sites (tertiary alicyclic amines) is 1. The third kappa shape index (κ3) is 2.35. The Bertz CT molecular complexity index is 344. The minimum atomic E-state index is 0.0608. The van der Waals surface area contributed by atoms with E-state index in [1.54, 1.807) is 5.38 Å². The molecular formula is C10H15N3OS. The lowest BCUT2D eigenvalue weighted by Crippen LogP contribution is -2.35. The van der Waals surface area contributed by atoms with Crippen molar-refractivity contribution in [2.24, 2.45) is 5.73 Å². The van der Waals surface area contributed by atoms with Crippen LogP contribution in [0.2, 0.25) is 0 Å². The van der Waals surface area contributed by atoms with E-state index in [1.807, 2.05) is 4.90 Å². The summed E-state index contributed by atoms with van der Waals surface area (Å²) in [6.45, 7) is 2.15. The van der Waals surface area contributed by atoms with Gasteiger partial charge in [0, 0.05) is 25.0 Å². The van der Waals surface area contributed by atoms with Crippen molar-refractivity contribution in [3.8, 4) is 0 Å². The smallest absolute Gasteiger partial charge is 0.273 e. The molecule has 0 spiro atoms. The number of amides is 1. The van der Waals surface area contributed by atoms with Gasteiger partial charge in [0.05, 0.1) is 0 Å². The number of thiazole rings is 1. The van der Waals surface area contributed by atoms with E-state index in [2.05, 4.69) is 4.98 Å². The molecule has 1 aromatic rings. The normalized spacial score (nSPS) is 16.7. The molecule has 4 nitrogen and oxygen atoms in total. The van der Waals surface area contributed by atoms with Crippen molar-refractivity contribution >= 4 is 17.2 Å². The number of nitrogens with zero attached hydrogens (tertiary/aromatic N) is 2. The summed E-state index contributed by atoms with van der Waals surface area (Å²) in [5.74, 6) is 0.0608. The molecule has 5 heteroatoms. The van der Waals surface area contributed by atoms with Crippen molar-refractivity contribution in [1.82, 2.24) is 9.88 Å². The van der Waals surface area contributed by atoms with Crippen LogP contribution >= 0.6 is 11.3 Å². The second kappa shape index (κ2) is 4.72. The van der Waals surface area contributed by atoms with E-state index in [-0.39, 0.29) is 5.91 Å². The molecule has 0 saturated carbocycles. The molecule has 2 heterocycles. The Labute approximate surface area is 93.1 Å². The van der Waals surface area contributed by atoms with E-state index < -0.39 is 0 Å². The summed E-state index contributed by atoms with van der Waals surface area (Å²) in [4.78, 5) is 18.1. The highest BCUT2D eigenvalue weighted by Crippen LogP contribution is 2.15. The predicted octanol–water partition coefficient (Wildman–Crippen LogP) is 1.23. The number of carbonyl (C=O) groups is 1. The Morgan fingerprint density at radius 1 is 1.47 bits per heavy atom. The lowest BCUT2D eigenvalue weighted by molar-refractivity contribution is 0.0719. The standard InChI is InChI=1S/C10H15N3OS/c11-6-9-12-8(7-15-9)10(14)13-4-2-1-3-5-13/h7H,1-6,11H2. The van der Waals surface area contributed by atoms with Crippen LogP contribution in [0, 0.1) is 0 Å². The van der Waals surface area contributed by atoms with Crippen molar-refractivity contribution in [3.05, 3.63) is 16.1 Å². The zero-order valence-corrected chi connectivity index (χ0v) is 9.42. The first-order chi connectivity index (χ1) is 7.31. The number of rotatable bonds is 2. The molecule has 0 radical (unpaired) electrons. The summed E-state index contributed by atoms with van der Waals surface area (Å²) in [5.41, 5.74) is 6.02. The van der Waals surface area contributed by atoms with E-state index in [0.717, 1.165) is 30.9 Å². The number of hydrogen-bond acceptors (Lipinski definition) is 4. The molecule has 15 heavy (non-hydrogen) atoms. The van der Waals surface area contributed by atoms with Crippen molar-refractivity contribution in [2.45, 2.75) is 25.8 Å². The van der Waals surface area contributed by atoms with E-state index in [0.29, 0.717) is 12.2 Å². The first kappa shape index (κ1) is 10.6. The highest BCUT2D eigenvalue weighted by molar-refractivity contribution is 7.09. The van der Waals surface area contributed by atoms with Crippen molar-refractivity contribution < 1.29 is 4.79 Å². The van der Waals surface area contributed by atoms with Crippen LogP contribution in [0.15, 0.2) is 5.38 Å². The van der Waals surface area contributed by atoms with Gasteiger partial charge >= 0.3 is 0 Å². The molecule has 1 amide bonds. The van der Waals surface area contributed by atoms with Gasteiger partial charge in [0.2, 0.25) is 0 Å². The monoisotopic (exact) mass is 225 g/mol. The van der Waals surface area contributed by atoms with Gasteiger partial charge < -0.3 is 10.6 Å². The lowest BCUT2D eigenvalue weighted by Gasteiger charge is -2.25. The molecule has 0 atom stereocenters. The summed E-state index contributed by atoms with van der Waals surface area (Å²) >= 11 is 1.46. The van der Waals surface area contributed by atoms with Gasteiger partial charge in [-0.2, -0.15) is 0 Å². The maximum absolute atomic E-state index is 12.0. The van der Waals surface area contributed by atoms with Gasteiger partial charge in [-0.3, -0.25) is 4.79 Å². The fraction of sp³-hybridized carbons (Fsp3) is 0.600. The molecule has 1 aliphatic rings. The molecular weight excluding hydrogens is 210 g/mol. The summed E-state index contributed by atoms with van der Waals surface area (Å²) in [6, 6.07) is 0. The zero-order valence-electron chi connectivity index (χ0n) is 8.61. The fourth-order valence-electron chi connectivity index (χ4n) is 1.76. The molecule has 2 rings (SSSR count). The highest BCUT2D eigenvalue weighted by Gasteiger charge is 2.20. The third-order valence-electron chi connectivity index (χ3n) is 2.59. The van der Waals surface area contributed by atoms with Crippen molar-refractivity contribution in [1.29, 1.82) is 0 Å². The van der Waals surface area contributed by atoms with Crippen LogP contribution in [-0.4, -0.2) is 28.9 Å². The van der Waals surface area contributed by atoms with Crippen LogP contribution in [0.1, 0.15) is 34.8 Å². The molecule has 82 valence electrons. The third-order valence-corrected chi connectivity index (χ3v) is 3.46. The summed E-state index contributed by atoms with van der Waals surface area (Å²) in [5, 5.41) is 2.63. The predicted molar refractivity (Wildman–Crippen MR) is 59.8 cm³/mol. The molecule has 1 saturated heterocycles. The van der Waals surface area contributed by atoms with Crippen molar-refractivity contribution in [3.63, 3.8) is 0 Å². The summed E-state index contributed by atoms with van der Waals surface area (Å²) in [7, 11) is 0. The van der Waals surface area contributed by atoms with Crippen molar-refractivity contribution in [2.75, 3.05) is 13.1 Å². The largest absolute Gasteiger partial charge is 0.337 e. The first-order valence-corrected chi connectivity index (χ1v) is 6.13. The molecule has 0 aromatic carbocycles. The van der Waals surface area contributed by atoms with Gasteiger partial charge in [0.15, 0.2) is 0 Å². The average Bonchev–Trinajstić information content (AvgIpc) is 2.78. The minimum absolute atomic E-state index is 0.0608. The Morgan fingerprint density at radius 2 is 2.20 bits per heavy atom. The van der Waals surface area contributed by atoms with E-state index in [9.17, 15) is 4.79 Å². The second-order valence-corrected chi connectivity index (χ2v) is 4.63. The molecule has 2 N–H and O–H groups in total. The van der Waals surface area contributed by atoms with Gasteiger partial charge in [0.1, 0.15) is 10.7 Å². The van der Waals surface area contributed by atoms with Crippen LogP contribution in [0.25, 0.3) is 0 Å². The van der Waals surface area contributed by atoms with Crippen LogP contribution in [0.4, 0.5) is 0 Å². The lowest BCUT2D eigenvalue weighted by atomic mass is 10.1. The highest BCUT2D eigenvalue weighted by atomic mass is 32.1. The summed E-state index contributed by atoms with van der Waals surface area (Å²) in [6.07, 6.45) is 3.45. The molecule has 1 aromatic heterocycles. The first-order valence-electron chi connectivity index (χ1n) is 5.25. The summed E-state index contributed by atoms with van der Waals surface area (Å²) < 4.78 is 0. The Kier molecular flexibility index (Phi) is 3.33. The average molecular weight is 225 g/mol. The maximum Gasteiger partial charge on any atom is 0.273 e. The van der Waals surface area contributed by atoms with E-state index in [4.69, 9.17) is 5.73 Å². The van der Waals surface area contributed by atoms with Gasteiger partial charge in [-0.1, -0.05) is 0 Å². The van der Waals surface area contributed by atoms with Crippen LogP contribution < -0.4 is 5.73 Å². The molecule has 0 unspecified atom stereocenters. The quantitative estimate of drug-likeness (QED) is 0.823. The number of piperidine rings is 1. The van der Waals surface area contributed by atoms with E-state index >= 15 is 0 Å². The van der Waals surface area contributed by atoms with Gasteiger partial charge in [0.25, 0.3) is 5.91 Å². The Morgan fingerprint density at radius 3 is 2.80 bits per heavy atom. The van der Waals surface area contributed by atoms with Gasteiger partial charge in [-0.25, -0.2) is 4.98 Å². The van der Waals surface area contributed by atoms with Gasteiger partial charge in [-0.15, -0.1) is 11.3 Å². The molecule has 1 aliphatic heterocycles. The number of aromatic nitrogens is 1. The minimum Gasteiger partial charge on any atom is -0.337 e. The molecule has 0 aliphatic carbocycles. The number of hydrogen-bond donors (Lipinski definition) is 1. The number of nitrogens with two attached hydrogens (primary N) is 1. The Balaban J connectivity index is 2.05. The van der Waals surface area contributed by atoms with Gasteiger partial charge in [-0.05, 0) is 19.3 Å².